The largest absolute Gasteiger partial charge is 0.310 e. The van der Waals surface area contributed by atoms with Gasteiger partial charge in [0.05, 0.1) is 0 Å². The number of hydrogen-bond donors (Lipinski definition) is 1. The Morgan fingerprint density at radius 1 is 1.39 bits per heavy atom. The molecule has 0 aliphatic heterocycles. The normalized spacial score (nSPS) is 18.2. The topological polar surface area (TPSA) is 12.0 Å². The third-order valence-corrected chi connectivity index (χ3v) is 4.33. The van der Waals surface area contributed by atoms with Crippen molar-refractivity contribution >= 4 is 15.9 Å². The fourth-order valence-electron chi connectivity index (χ4n) is 2.93. The van der Waals surface area contributed by atoms with Gasteiger partial charge in [-0.15, -0.1) is 0 Å². The van der Waals surface area contributed by atoms with Gasteiger partial charge in [0.15, 0.2) is 0 Å². The van der Waals surface area contributed by atoms with E-state index in [1.165, 1.54) is 25.7 Å². The predicted molar refractivity (Wildman–Crippen MR) is 77.1 cm³/mol. The van der Waals surface area contributed by atoms with E-state index in [9.17, 15) is 4.39 Å². The van der Waals surface area contributed by atoms with Gasteiger partial charge < -0.3 is 5.32 Å². The number of hydrogen-bond acceptors (Lipinski definition) is 1. The average molecular weight is 314 g/mol. The van der Waals surface area contributed by atoms with E-state index in [1.807, 2.05) is 12.1 Å². The zero-order valence-corrected chi connectivity index (χ0v) is 12.5. The SMILES string of the molecule is CCNC(CC1CCCC1)c1ccc(Br)cc1F. The van der Waals surface area contributed by atoms with Crippen LogP contribution in [0.25, 0.3) is 0 Å². The van der Waals surface area contributed by atoms with Crippen molar-refractivity contribution in [3.63, 3.8) is 0 Å². The first-order valence-corrected chi connectivity index (χ1v) is 7.68. The zero-order chi connectivity index (χ0) is 13.0. The molecule has 0 amide bonds. The Bertz CT molecular complexity index is 388. The summed E-state index contributed by atoms with van der Waals surface area (Å²) >= 11 is 3.31. The molecule has 3 heteroatoms. The highest BCUT2D eigenvalue weighted by Crippen LogP contribution is 2.34. The lowest BCUT2D eigenvalue weighted by atomic mass is 9.93. The molecule has 1 aromatic carbocycles. The summed E-state index contributed by atoms with van der Waals surface area (Å²) in [6.07, 6.45) is 6.35. The first-order chi connectivity index (χ1) is 8.70. The summed E-state index contributed by atoms with van der Waals surface area (Å²) in [4.78, 5) is 0. The van der Waals surface area contributed by atoms with Crippen LogP contribution in [0.4, 0.5) is 4.39 Å². The molecule has 18 heavy (non-hydrogen) atoms. The number of nitrogens with one attached hydrogen (secondary N) is 1. The van der Waals surface area contributed by atoms with Crippen LogP contribution in [0.1, 0.15) is 50.6 Å². The van der Waals surface area contributed by atoms with E-state index in [4.69, 9.17) is 0 Å². The van der Waals surface area contributed by atoms with E-state index in [2.05, 4.69) is 28.2 Å². The molecule has 0 heterocycles. The van der Waals surface area contributed by atoms with Crippen molar-refractivity contribution in [1.82, 2.24) is 5.32 Å². The fourth-order valence-corrected chi connectivity index (χ4v) is 3.26. The van der Waals surface area contributed by atoms with Crippen LogP contribution >= 0.6 is 15.9 Å². The Kier molecular flexibility index (Phi) is 5.19. The van der Waals surface area contributed by atoms with Crippen molar-refractivity contribution in [2.24, 2.45) is 5.92 Å². The lowest BCUT2D eigenvalue weighted by molar-refractivity contribution is 0.391. The molecule has 1 saturated carbocycles. The minimum Gasteiger partial charge on any atom is -0.310 e. The van der Waals surface area contributed by atoms with E-state index < -0.39 is 0 Å². The second-order valence-electron chi connectivity index (χ2n) is 5.16. The molecule has 1 fully saturated rings. The van der Waals surface area contributed by atoms with Gasteiger partial charge in [-0.1, -0.05) is 54.6 Å². The molecule has 1 nitrogen and oxygen atoms in total. The van der Waals surface area contributed by atoms with Crippen molar-refractivity contribution < 1.29 is 4.39 Å². The second-order valence-corrected chi connectivity index (χ2v) is 6.08. The first-order valence-electron chi connectivity index (χ1n) is 6.89. The second kappa shape index (κ2) is 6.67. The maximum Gasteiger partial charge on any atom is 0.129 e. The highest BCUT2D eigenvalue weighted by atomic mass is 79.9. The van der Waals surface area contributed by atoms with Crippen LogP contribution in [0.15, 0.2) is 22.7 Å². The van der Waals surface area contributed by atoms with Crippen molar-refractivity contribution in [2.75, 3.05) is 6.54 Å². The summed E-state index contributed by atoms with van der Waals surface area (Å²) in [7, 11) is 0. The lowest BCUT2D eigenvalue weighted by Gasteiger charge is -2.22. The van der Waals surface area contributed by atoms with Gasteiger partial charge in [-0.05, 0) is 31.0 Å². The van der Waals surface area contributed by atoms with Gasteiger partial charge >= 0.3 is 0 Å². The highest BCUT2D eigenvalue weighted by molar-refractivity contribution is 9.10. The molecule has 100 valence electrons. The van der Waals surface area contributed by atoms with E-state index in [-0.39, 0.29) is 11.9 Å². The predicted octanol–water partition coefficient (Wildman–Crippen LogP) is 4.82. The molecule has 0 radical (unpaired) electrons. The van der Waals surface area contributed by atoms with Crippen LogP contribution in [0.3, 0.4) is 0 Å². The molecular weight excluding hydrogens is 293 g/mol. The Balaban J connectivity index is 2.12. The van der Waals surface area contributed by atoms with E-state index in [0.29, 0.717) is 0 Å². The number of benzene rings is 1. The molecule has 0 bridgehead atoms. The number of rotatable bonds is 5. The summed E-state index contributed by atoms with van der Waals surface area (Å²) in [6.45, 7) is 2.96. The standard InChI is InChI=1S/C15H21BrFN/c1-2-18-15(9-11-5-3-4-6-11)13-8-7-12(16)10-14(13)17/h7-8,10-11,15,18H,2-6,9H2,1H3. The molecule has 0 saturated heterocycles. The molecule has 0 spiro atoms. The van der Waals surface area contributed by atoms with Gasteiger partial charge in [-0.3, -0.25) is 0 Å². The highest BCUT2D eigenvalue weighted by Gasteiger charge is 2.22. The summed E-state index contributed by atoms with van der Waals surface area (Å²) in [5.41, 5.74) is 0.812. The maximum absolute atomic E-state index is 14.0. The third kappa shape index (κ3) is 3.55. The van der Waals surface area contributed by atoms with Crippen LogP contribution in [-0.4, -0.2) is 6.54 Å². The average Bonchev–Trinajstić information content (AvgIpc) is 2.81. The van der Waals surface area contributed by atoms with E-state index in [0.717, 1.165) is 28.9 Å². The molecule has 1 aliphatic carbocycles. The molecule has 1 aromatic rings. The lowest BCUT2D eigenvalue weighted by Crippen LogP contribution is -2.24. The van der Waals surface area contributed by atoms with Gasteiger partial charge in [0.2, 0.25) is 0 Å². The maximum atomic E-state index is 14.0. The van der Waals surface area contributed by atoms with Gasteiger partial charge in [-0.25, -0.2) is 4.39 Å². The minimum atomic E-state index is -0.103. The molecule has 1 N–H and O–H groups in total. The first kappa shape index (κ1) is 14.0. The van der Waals surface area contributed by atoms with E-state index >= 15 is 0 Å². The monoisotopic (exact) mass is 313 g/mol. The molecule has 1 unspecified atom stereocenters. The summed E-state index contributed by atoms with van der Waals surface area (Å²) in [6, 6.07) is 5.55. The van der Waals surface area contributed by atoms with Crippen molar-refractivity contribution in [3.05, 3.63) is 34.1 Å². The van der Waals surface area contributed by atoms with Crippen LogP contribution in [0.2, 0.25) is 0 Å². The molecule has 2 rings (SSSR count). The zero-order valence-electron chi connectivity index (χ0n) is 10.9. The van der Waals surface area contributed by atoms with Crippen molar-refractivity contribution in [2.45, 2.75) is 45.1 Å². The third-order valence-electron chi connectivity index (χ3n) is 3.83. The molecule has 1 aliphatic rings. The van der Waals surface area contributed by atoms with Crippen LogP contribution < -0.4 is 5.32 Å². The summed E-state index contributed by atoms with van der Waals surface area (Å²) < 4.78 is 14.8. The minimum absolute atomic E-state index is 0.103. The molecule has 0 aromatic heterocycles. The summed E-state index contributed by atoms with van der Waals surface area (Å²) in [5.74, 6) is 0.658. The van der Waals surface area contributed by atoms with Crippen LogP contribution in [0.5, 0.6) is 0 Å². The Morgan fingerprint density at radius 2 is 2.11 bits per heavy atom. The van der Waals surface area contributed by atoms with Gasteiger partial charge in [0.25, 0.3) is 0 Å². The van der Waals surface area contributed by atoms with Crippen LogP contribution in [0, 0.1) is 11.7 Å². The smallest absolute Gasteiger partial charge is 0.129 e. The van der Waals surface area contributed by atoms with Gasteiger partial charge in [0, 0.05) is 16.1 Å². The fraction of sp³-hybridized carbons (Fsp3) is 0.600. The molecular formula is C15H21BrFN. The van der Waals surface area contributed by atoms with Crippen LogP contribution in [-0.2, 0) is 0 Å². The van der Waals surface area contributed by atoms with Crippen molar-refractivity contribution in [3.8, 4) is 0 Å². The molecule has 1 atom stereocenters. The Labute approximate surface area is 117 Å². The van der Waals surface area contributed by atoms with Gasteiger partial charge in [0.1, 0.15) is 5.82 Å². The Morgan fingerprint density at radius 3 is 2.72 bits per heavy atom. The Hall–Kier alpha value is -0.410. The summed E-state index contributed by atoms with van der Waals surface area (Å²) in [5, 5.41) is 3.43. The van der Waals surface area contributed by atoms with E-state index in [1.54, 1.807) is 6.07 Å². The van der Waals surface area contributed by atoms with Gasteiger partial charge in [-0.2, -0.15) is 0 Å². The quantitative estimate of drug-likeness (QED) is 0.821. The number of halogens is 2. The van der Waals surface area contributed by atoms with Crippen molar-refractivity contribution in [1.29, 1.82) is 0 Å².